The molecule has 0 aliphatic heterocycles. The van der Waals surface area contributed by atoms with Crippen LogP contribution in [0.25, 0.3) is 0 Å². The number of aromatic nitrogens is 1. The average molecular weight is 332 g/mol. The van der Waals surface area contributed by atoms with Gasteiger partial charge in [0.05, 0.1) is 6.04 Å². The number of aryl methyl sites for hydroxylation is 1. The van der Waals surface area contributed by atoms with E-state index in [1.807, 2.05) is 0 Å². The third-order valence-electron chi connectivity index (χ3n) is 4.46. The molecule has 0 fully saturated rings. The molecule has 1 heterocycles. The van der Waals surface area contributed by atoms with Crippen molar-refractivity contribution >= 4 is 11.7 Å². The van der Waals surface area contributed by atoms with Gasteiger partial charge in [-0.05, 0) is 49.9 Å². The van der Waals surface area contributed by atoms with E-state index in [2.05, 4.69) is 10.3 Å². The van der Waals surface area contributed by atoms with Crippen molar-refractivity contribution in [1.29, 1.82) is 0 Å². The quantitative estimate of drug-likeness (QED) is 0.902. The molecular weight excluding hydrogens is 314 g/mol. The summed E-state index contributed by atoms with van der Waals surface area (Å²) in [6, 6.07) is 3.03. The van der Waals surface area contributed by atoms with Gasteiger partial charge in [0.1, 0.15) is 5.69 Å². The highest BCUT2D eigenvalue weighted by Gasteiger charge is 2.26. The number of halogens is 2. The molecule has 24 heavy (non-hydrogen) atoms. The van der Waals surface area contributed by atoms with Gasteiger partial charge in [0.25, 0.3) is 5.91 Å². The van der Waals surface area contributed by atoms with Crippen LogP contribution in [0.1, 0.15) is 63.5 Å². The van der Waals surface area contributed by atoms with Crippen molar-refractivity contribution in [2.75, 3.05) is 0 Å². The van der Waals surface area contributed by atoms with Crippen LogP contribution in [0.4, 0.5) is 8.78 Å². The Hall–Kier alpha value is -2.50. The van der Waals surface area contributed by atoms with Crippen LogP contribution in [-0.4, -0.2) is 16.7 Å². The summed E-state index contributed by atoms with van der Waals surface area (Å²) in [6.45, 7) is 3.43. The van der Waals surface area contributed by atoms with E-state index in [0.29, 0.717) is 28.8 Å². The summed E-state index contributed by atoms with van der Waals surface area (Å²) in [7, 11) is 0. The lowest BCUT2D eigenvalue weighted by atomic mass is 9.94. The minimum Gasteiger partial charge on any atom is -0.354 e. The summed E-state index contributed by atoms with van der Waals surface area (Å²) in [5.41, 5.74) is 2.88. The summed E-state index contributed by atoms with van der Waals surface area (Å²) >= 11 is 0. The second kappa shape index (κ2) is 6.19. The number of Topliss-reactive ketones (excluding diaryl/α,β-unsaturated/α-hetero) is 1. The zero-order valence-corrected chi connectivity index (χ0v) is 13.5. The van der Waals surface area contributed by atoms with Crippen LogP contribution in [0, 0.1) is 18.6 Å². The zero-order chi connectivity index (χ0) is 17.4. The first-order valence-electron chi connectivity index (χ1n) is 7.89. The van der Waals surface area contributed by atoms with E-state index in [1.54, 1.807) is 13.8 Å². The number of hydrogen-bond donors (Lipinski definition) is 2. The van der Waals surface area contributed by atoms with Crippen LogP contribution < -0.4 is 5.32 Å². The Morgan fingerprint density at radius 1 is 1.25 bits per heavy atom. The number of ketones is 1. The topological polar surface area (TPSA) is 62.0 Å². The van der Waals surface area contributed by atoms with Crippen LogP contribution in [0.2, 0.25) is 0 Å². The monoisotopic (exact) mass is 332 g/mol. The molecule has 2 aromatic rings. The van der Waals surface area contributed by atoms with Gasteiger partial charge >= 0.3 is 0 Å². The van der Waals surface area contributed by atoms with Gasteiger partial charge in [-0.3, -0.25) is 9.59 Å². The van der Waals surface area contributed by atoms with Crippen molar-refractivity contribution in [3.05, 3.63) is 57.9 Å². The molecule has 4 nitrogen and oxygen atoms in total. The molecule has 2 N–H and O–H groups in total. The highest BCUT2D eigenvalue weighted by Crippen LogP contribution is 2.27. The van der Waals surface area contributed by atoms with Crippen molar-refractivity contribution in [3.8, 4) is 0 Å². The summed E-state index contributed by atoms with van der Waals surface area (Å²) in [6.07, 6.45) is 2.02. The predicted octanol–water partition coefficient (Wildman–Crippen LogP) is 3.61. The molecule has 1 unspecified atom stereocenters. The first-order chi connectivity index (χ1) is 11.4. The molecule has 3 rings (SSSR count). The molecule has 0 saturated carbocycles. The zero-order valence-electron chi connectivity index (χ0n) is 13.5. The second-order valence-electron chi connectivity index (χ2n) is 6.12. The van der Waals surface area contributed by atoms with Crippen LogP contribution in [-0.2, 0) is 6.42 Å². The second-order valence-corrected chi connectivity index (χ2v) is 6.12. The number of amides is 1. The maximum absolute atomic E-state index is 13.3. The fraction of sp³-hybridized carbons (Fsp3) is 0.333. The van der Waals surface area contributed by atoms with Gasteiger partial charge in [-0.25, -0.2) is 8.78 Å². The molecule has 126 valence electrons. The third-order valence-corrected chi connectivity index (χ3v) is 4.46. The highest BCUT2D eigenvalue weighted by molar-refractivity contribution is 6.04. The average Bonchev–Trinajstić information content (AvgIpc) is 2.88. The molecule has 1 atom stereocenters. The number of aromatic amines is 1. The van der Waals surface area contributed by atoms with E-state index in [4.69, 9.17) is 0 Å². The fourth-order valence-electron chi connectivity index (χ4n) is 3.14. The molecule has 1 aromatic heterocycles. The molecule has 1 aromatic carbocycles. The predicted molar refractivity (Wildman–Crippen MR) is 85.0 cm³/mol. The van der Waals surface area contributed by atoms with E-state index in [0.717, 1.165) is 30.7 Å². The standard InChI is InChI=1S/C18H18F2N2O2/c1-9-16-14(4-3-5-15(16)23)22-17(9)18(24)21-10(2)11-6-7-12(19)13(20)8-11/h6-8,10,22H,3-5H2,1-2H3,(H,21,24). The Morgan fingerprint density at radius 2 is 2.00 bits per heavy atom. The minimum atomic E-state index is -0.953. The van der Waals surface area contributed by atoms with Crippen molar-refractivity contribution in [2.24, 2.45) is 0 Å². The van der Waals surface area contributed by atoms with E-state index >= 15 is 0 Å². The Balaban J connectivity index is 1.82. The van der Waals surface area contributed by atoms with Gasteiger partial charge in [-0.15, -0.1) is 0 Å². The Morgan fingerprint density at radius 3 is 2.67 bits per heavy atom. The molecule has 6 heteroatoms. The molecule has 0 spiro atoms. The highest BCUT2D eigenvalue weighted by atomic mass is 19.2. The molecule has 1 aliphatic carbocycles. The van der Waals surface area contributed by atoms with Crippen molar-refractivity contribution in [3.63, 3.8) is 0 Å². The van der Waals surface area contributed by atoms with E-state index in [-0.39, 0.29) is 11.7 Å². The van der Waals surface area contributed by atoms with E-state index in [9.17, 15) is 18.4 Å². The minimum absolute atomic E-state index is 0.0534. The largest absolute Gasteiger partial charge is 0.354 e. The van der Waals surface area contributed by atoms with Gasteiger partial charge in [-0.2, -0.15) is 0 Å². The molecule has 1 amide bonds. The van der Waals surface area contributed by atoms with Gasteiger partial charge in [0.15, 0.2) is 17.4 Å². The normalized spacial score (nSPS) is 15.1. The van der Waals surface area contributed by atoms with E-state index in [1.165, 1.54) is 6.07 Å². The lowest BCUT2D eigenvalue weighted by Crippen LogP contribution is -2.27. The number of carbonyl (C=O) groups is 2. The number of hydrogen-bond acceptors (Lipinski definition) is 2. The summed E-state index contributed by atoms with van der Waals surface area (Å²) in [5.74, 6) is -2.20. The van der Waals surface area contributed by atoms with Crippen molar-refractivity contribution < 1.29 is 18.4 Å². The summed E-state index contributed by atoms with van der Waals surface area (Å²) in [4.78, 5) is 27.6. The van der Waals surface area contributed by atoms with Crippen LogP contribution in [0.5, 0.6) is 0 Å². The lowest BCUT2D eigenvalue weighted by Gasteiger charge is -2.14. The molecule has 1 aliphatic rings. The number of fused-ring (bicyclic) bond motifs is 1. The lowest BCUT2D eigenvalue weighted by molar-refractivity contribution is 0.0934. The van der Waals surface area contributed by atoms with Gasteiger partial charge in [-0.1, -0.05) is 6.07 Å². The van der Waals surface area contributed by atoms with Crippen LogP contribution in [0.3, 0.4) is 0 Å². The Kier molecular flexibility index (Phi) is 4.22. The number of H-pyrrole nitrogens is 1. The Labute approximate surface area is 138 Å². The summed E-state index contributed by atoms with van der Waals surface area (Å²) in [5, 5.41) is 2.75. The van der Waals surface area contributed by atoms with Crippen molar-refractivity contribution in [1.82, 2.24) is 10.3 Å². The Bertz CT molecular complexity index is 827. The maximum Gasteiger partial charge on any atom is 0.268 e. The van der Waals surface area contributed by atoms with Gasteiger partial charge < -0.3 is 10.3 Å². The van der Waals surface area contributed by atoms with Crippen LogP contribution >= 0.6 is 0 Å². The number of carbonyl (C=O) groups excluding carboxylic acids is 2. The fourth-order valence-corrected chi connectivity index (χ4v) is 3.14. The number of nitrogens with one attached hydrogen (secondary N) is 2. The van der Waals surface area contributed by atoms with E-state index < -0.39 is 17.7 Å². The smallest absolute Gasteiger partial charge is 0.268 e. The summed E-state index contributed by atoms with van der Waals surface area (Å²) < 4.78 is 26.3. The first-order valence-corrected chi connectivity index (χ1v) is 7.89. The van der Waals surface area contributed by atoms with Crippen molar-refractivity contribution in [2.45, 2.75) is 39.2 Å². The number of benzene rings is 1. The van der Waals surface area contributed by atoms with Crippen LogP contribution in [0.15, 0.2) is 18.2 Å². The molecule has 0 bridgehead atoms. The molecule has 0 radical (unpaired) electrons. The number of rotatable bonds is 3. The third kappa shape index (κ3) is 2.84. The molecule has 0 saturated heterocycles. The molecular formula is C18H18F2N2O2. The van der Waals surface area contributed by atoms with Gasteiger partial charge in [0.2, 0.25) is 0 Å². The van der Waals surface area contributed by atoms with Gasteiger partial charge in [0, 0.05) is 17.7 Å². The maximum atomic E-state index is 13.3. The first kappa shape index (κ1) is 16.4. The SMILES string of the molecule is Cc1c(C(=O)NC(C)c2ccc(F)c(F)c2)[nH]c2c1C(=O)CCC2.